The Kier molecular flexibility index (Phi) is 8.43. The highest BCUT2D eigenvalue weighted by atomic mass is 35.5. The number of likely N-dealkylation sites (N-methyl/N-ethyl adjacent to an activating group) is 1. The summed E-state index contributed by atoms with van der Waals surface area (Å²) in [5.41, 5.74) is 0.956. The van der Waals surface area contributed by atoms with Gasteiger partial charge in [-0.05, 0) is 30.5 Å². The van der Waals surface area contributed by atoms with Crippen molar-refractivity contribution in [2.45, 2.75) is 44.7 Å². The average Bonchev–Trinajstić information content (AvgIpc) is 3.20. The Morgan fingerprint density at radius 3 is 2.30 bits per heavy atom. The molecule has 1 unspecified atom stereocenters. The molecule has 1 aliphatic carbocycles. The lowest BCUT2D eigenvalue weighted by molar-refractivity contribution is -0.848. The summed E-state index contributed by atoms with van der Waals surface area (Å²) < 4.78 is 28.2. The number of rotatable bonds is 8. The number of aliphatic hydroxyl groups excluding tert-OH is 1. The molecule has 1 aliphatic heterocycles. The number of halogens is 4. The Bertz CT molecular complexity index is 1240. The highest BCUT2D eigenvalue weighted by Gasteiger charge is 2.43. The molecular weight excluding hydrogens is 523 g/mol. The second-order valence-electron chi connectivity index (χ2n) is 9.61. The monoisotopic (exact) mass is 550 g/mol. The van der Waals surface area contributed by atoms with Crippen molar-refractivity contribution in [2.75, 3.05) is 20.2 Å². The Labute approximate surface area is 224 Å². The Morgan fingerprint density at radius 2 is 1.70 bits per heavy atom. The molecule has 2 aromatic rings. The normalized spacial score (nSPS) is 19.9. The molecule has 6 nitrogen and oxygen atoms in total. The number of quaternary nitrogens is 1. The van der Waals surface area contributed by atoms with E-state index in [9.17, 15) is 23.5 Å². The Morgan fingerprint density at radius 1 is 1.08 bits per heavy atom. The molecule has 1 saturated carbocycles. The number of ketones is 1. The molecule has 1 aromatic carbocycles. The van der Waals surface area contributed by atoms with Gasteiger partial charge in [-0.2, -0.15) is 0 Å². The third-order valence-corrected chi connectivity index (χ3v) is 7.78. The maximum Gasteiger partial charge on any atom is 0.260 e. The zero-order valence-electron chi connectivity index (χ0n) is 20.4. The topological polar surface area (TPSA) is 70.5 Å². The van der Waals surface area contributed by atoms with Crippen molar-refractivity contribution < 1.29 is 28.0 Å². The highest BCUT2D eigenvalue weighted by Crippen LogP contribution is 2.37. The zero-order chi connectivity index (χ0) is 26.7. The van der Waals surface area contributed by atoms with Crippen LogP contribution in [0, 0.1) is 11.6 Å². The molecule has 0 saturated heterocycles. The Balaban J connectivity index is 1.71. The third kappa shape index (κ3) is 5.77. The minimum atomic E-state index is -0.800. The first-order chi connectivity index (χ1) is 17.6. The number of aliphatic hydroxyl groups is 1. The molecule has 2 heterocycles. The van der Waals surface area contributed by atoms with Crippen molar-refractivity contribution in [2.24, 2.45) is 0 Å². The maximum atomic E-state index is 13.9. The molecule has 37 heavy (non-hydrogen) atoms. The van der Waals surface area contributed by atoms with Gasteiger partial charge in [-0.15, -0.1) is 0 Å². The molecule has 1 atom stereocenters. The molecule has 1 fully saturated rings. The largest absolute Gasteiger partial charge is 0.386 e. The number of amides is 1. The van der Waals surface area contributed by atoms with Crippen molar-refractivity contribution in [1.29, 1.82) is 0 Å². The van der Waals surface area contributed by atoms with E-state index in [-0.39, 0.29) is 45.9 Å². The van der Waals surface area contributed by atoms with Crippen LogP contribution in [0.1, 0.15) is 48.0 Å². The molecule has 196 valence electrons. The van der Waals surface area contributed by atoms with Crippen LogP contribution in [0.25, 0.3) is 0 Å². The van der Waals surface area contributed by atoms with Gasteiger partial charge in [-0.25, -0.2) is 8.78 Å². The first-order valence-electron chi connectivity index (χ1n) is 12.1. The van der Waals surface area contributed by atoms with Crippen LogP contribution in [-0.4, -0.2) is 57.4 Å². The van der Waals surface area contributed by atoms with E-state index < -0.39 is 29.9 Å². The number of pyridine rings is 1. The van der Waals surface area contributed by atoms with Crippen LogP contribution in [0.5, 0.6) is 0 Å². The van der Waals surface area contributed by atoms with Gasteiger partial charge in [0.1, 0.15) is 30.0 Å². The lowest BCUT2D eigenvalue weighted by atomic mass is 9.92. The maximum absolute atomic E-state index is 13.9. The predicted octanol–water partition coefficient (Wildman–Crippen LogP) is 5.43. The fourth-order valence-electron chi connectivity index (χ4n) is 5.29. The number of nitrogens with zero attached hydrogens (tertiary/aromatic N) is 3. The van der Waals surface area contributed by atoms with E-state index in [1.807, 2.05) is 13.2 Å². The van der Waals surface area contributed by atoms with Gasteiger partial charge < -0.3 is 10.0 Å². The zero-order valence-corrected chi connectivity index (χ0v) is 21.9. The quantitative estimate of drug-likeness (QED) is 0.351. The molecule has 0 bridgehead atoms. The van der Waals surface area contributed by atoms with E-state index in [0.29, 0.717) is 10.2 Å². The summed E-state index contributed by atoms with van der Waals surface area (Å²) in [5, 5.41) is 10.4. The molecule has 10 heteroatoms. The average molecular weight is 551 g/mol. The van der Waals surface area contributed by atoms with Gasteiger partial charge >= 0.3 is 0 Å². The second kappa shape index (κ2) is 11.4. The first-order valence-corrected chi connectivity index (χ1v) is 12.9. The summed E-state index contributed by atoms with van der Waals surface area (Å²) in [5.74, 6) is -2.70. The summed E-state index contributed by atoms with van der Waals surface area (Å²) >= 11 is 12.3. The summed E-state index contributed by atoms with van der Waals surface area (Å²) in [6.45, 7) is -1.05. The molecule has 4 rings (SSSR count). The minimum absolute atomic E-state index is 0.00251. The van der Waals surface area contributed by atoms with Crippen molar-refractivity contribution in [3.8, 4) is 0 Å². The minimum Gasteiger partial charge on any atom is -0.386 e. The standard InChI is InChI=1S/C27H28Cl2F2N3O3/c1-34(20-5-3-2-4-6-20)8-7-21(24(34)16-35)27(37)33(14-17-9-18(30)11-19(31)10-17)15-25(36)26-22(28)12-32-13-23(26)29/h7-13,20,35H,2-6,14-16H2,1H3/q+1. The van der Waals surface area contributed by atoms with Crippen LogP contribution in [0.3, 0.4) is 0 Å². The molecule has 0 spiro atoms. The fraction of sp³-hybridized carbons (Fsp3) is 0.370. The van der Waals surface area contributed by atoms with Crippen molar-refractivity contribution in [1.82, 2.24) is 9.88 Å². The molecule has 1 amide bonds. The summed E-state index contributed by atoms with van der Waals surface area (Å²) in [6.07, 6.45) is 11.4. The Hall–Kier alpha value is -2.65. The van der Waals surface area contributed by atoms with Crippen molar-refractivity contribution in [3.05, 3.63) is 86.9 Å². The van der Waals surface area contributed by atoms with Gasteiger partial charge in [0.25, 0.3) is 5.91 Å². The van der Waals surface area contributed by atoms with E-state index >= 15 is 0 Å². The third-order valence-electron chi connectivity index (χ3n) is 7.21. The first kappa shape index (κ1) is 27.4. The van der Waals surface area contributed by atoms with E-state index in [4.69, 9.17) is 23.2 Å². The molecule has 1 aromatic heterocycles. The number of hydrogen-bond donors (Lipinski definition) is 1. The molecule has 0 radical (unpaired) electrons. The van der Waals surface area contributed by atoms with Gasteiger partial charge in [0.15, 0.2) is 11.5 Å². The van der Waals surface area contributed by atoms with E-state index in [1.165, 1.54) is 17.3 Å². The summed E-state index contributed by atoms with van der Waals surface area (Å²) in [7, 11) is 1.96. The fourth-order valence-corrected chi connectivity index (χ4v) is 5.86. The van der Waals surface area contributed by atoms with Crippen LogP contribution in [0.15, 0.2) is 54.1 Å². The van der Waals surface area contributed by atoms with E-state index in [0.717, 1.165) is 50.3 Å². The van der Waals surface area contributed by atoms with Crippen molar-refractivity contribution >= 4 is 34.9 Å². The molecular formula is C27H28Cl2F2N3O3+. The predicted molar refractivity (Wildman–Crippen MR) is 137 cm³/mol. The van der Waals surface area contributed by atoms with Crippen LogP contribution < -0.4 is 0 Å². The van der Waals surface area contributed by atoms with E-state index in [2.05, 4.69) is 4.98 Å². The van der Waals surface area contributed by atoms with E-state index in [1.54, 1.807) is 6.08 Å². The summed E-state index contributed by atoms with van der Waals surface area (Å²) in [6, 6.07) is 3.17. The number of carbonyl (C=O) groups excluding carboxylic acids is 2. The lowest BCUT2D eigenvalue weighted by Crippen LogP contribution is -2.48. The van der Waals surface area contributed by atoms with Crippen LogP contribution >= 0.6 is 23.2 Å². The molecule has 2 aliphatic rings. The van der Waals surface area contributed by atoms with Crippen LogP contribution in [-0.2, 0) is 11.3 Å². The van der Waals surface area contributed by atoms with Gasteiger partial charge in [-0.1, -0.05) is 29.6 Å². The van der Waals surface area contributed by atoms with Crippen LogP contribution in [0.4, 0.5) is 8.78 Å². The van der Waals surface area contributed by atoms with Gasteiger partial charge in [-0.3, -0.25) is 19.1 Å². The van der Waals surface area contributed by atoms with Crippen molar-refractivity contribution in [3.63, 3.8) is 0 Å². The van der Waals surface area contributed by atoms with Crippen LogP contribution in [0.2, 0.25) is 10.0 Å². The van der Waals surface area contributed by atoms with Gasteiger partial charge in [0, 0.05) is 43.9 Å². The number of hydrogen-bond acceptors (Lipinski definition) is 4. The smallest absolute Gasteiger partial charge is 0.260 e. The number of benzene rings is 1. The highest BCUT2D eigenvalue weighted by molar-refractivity contribution is 6.39. The number of Topliss-reactive ketones (excluding diaryl/α,β-unsaturated/α-hetero) is 1. The second-order valence-corrected chi connectivity index (χ2v) is 10.4. The molecule has 1 N–H and O–H groups in total. The number of carbonyl (C=O) groups is 2. The summed E-state index contributed by atoms with van der Waals surface area (Å²) in [4.78, 5) is 32.1. The van der Waals surface area contributed by atoms with Gasteiger partial charge in [0.05, 0.1) is 35.2 Å². The SMILES string of the molecule is C[N+]1(C2CCCCC2)C=CC(C(=O)N(CC(=O)c2c(Cl)cncc2Cl)Cc2cc(F)cc(F)c2)=C1CO. The van der Waals surface area contributed by atoms with Gasteiger partial charge in [0.2, 0.25) is 0 Å². The number of aromatic nitrogens is 1. The lowest BCUT2D eigenvalue weighted by Gasteiger charge is -2.39.